The Hall–Kier alpha value is -2.24. The average Bonchev–Trinajstić information content (AvgIpc) is 3.29. The van der Waals surface area contributed by atoms with E-state index in [9.17, 15) is 14.4 Å². The van der Waals surface area contributed by atoms with Gasteiger partial charge in [-0.15, -0.1) is 0 Å². The minimum absolute atomic E-state index is 0.0698. The van der Waals surface area contributed by atoms with E-state index in [1.807, 2.05) is 32.9 Å². The first-order valence-corrected chi connectivity index (χ1v) is 10.2. The van der Waals surface area contributed by atoms with Crippen LogP contribution in [0.25, 0.3) is 0 Å². The molecule has 4 rings (SSSR count). The zero-order chi connectivity index (χ0) is 20.1. The molecule has 150 valence electrons. The van der Waals surface area contributed by atoms with Crippen molar-refractivity contribution >= 4 is 17.7 Å². The first kappa shape index (κ1) is 19.1. The quantitative estimate of drug-likeness (QED) is 0.781. The molecular weight excluding hydrogens is 356 g/mol. The zero-order valence-electron chi connectivity index (χ0n) is 16.8. The summed E-state index contributed by atoms with van der Waals surface area (Å²) in [5, 5.41) is 2.71. The lowest BCUT2D eigenvalue weighted by molar-refractivity contribution is -0.122. The SMILES string of the molecule is CC(C)(C)OC(=O)NCc1ccc(C2CC2)c(C(=O)C2CC3CC2CC3=O)n1. The molecule has 3 unspecified atom stereocenters. The van der Waals surface area contributed by atoms with Crippen molar-refractivity contribution in [3.05, 3.63) is 29.1 Å². The monoisotopic (exact) mass is 384 g/mol. The molecule has 0 spiro atoms. The number of fused-ring (bicyclic) bond motifs is 2. The first-order chi connectivity index (χ1) is 13.2. The molecule has 3 aliphatic rings. The summed E-state index contributed by atoms with van der Waals surface area (Å²) in [6.45, 7) is 5.65. The maximum Gasteiger partial charge on any atom is 0.407 e. The number of Topliss-reactive ketones (excluding diaryl/α,β-unsaturated/α-hetero) is 2. The summed E-state index contributed by atoms with van der Waals surface area (Å²) >= 11 is 0. The number of ketones is 2. The molecule has 6 nitrogen and oxygen atoms in total. The van der Waals surface area contributed by atoms with Crippen molar-refractivity contribution in [2.75, 3.05) is 0 Å². The summed E-state index contributed by atoms with van der Waals surface area (Å²) in [5.74, 6) is 0.991. The summed E-state index contributed by atoms with van der Waals surface area (Å²) in [4.78, 5) is 41.7. The van der Waals surface area contributed by atoms with E-state index >= 15 is 0 Å². The number of alkyl carbamates (subject to hydrolysis) is 1. The second-order valence-corrected chi connectivity index (χ2v) is 9.44. The third kappa shape index (κ3) is 3.96. The summed E-state index contributed by atoms with van der Waals surface area (Å²) in [6, 6.07) is 3.87. The molecule has 1 N–H and O–H groups in total. The Labute approximate surface area is 165 Å². The van der Waals surface area contributed by atoms with Gasteiger partial charge < -0.3 is 10.1 Å². The molecule has 1 aromatic heterocycles. The van der Waals surface area contributed by atoms with E-state index < -0.39 is 11.7 Å². The number of pyridine rings is 1. The molecule has 3 aliphatic carbocycles. The lowest BCUT2D eigenvalue weighted by Crippen LogP contribution is -2.32. The van der Waals surface area contributed by atoms with Gasteiger partial charge in [-0.05, 0) is 69.9 Å². The lowest BCUT2D eigenvalue weighted by Gasteiger charge is -2.21. The number of hydrogen-bond donors (Lipinski definition) is 1. The van der Waals surface area contributed by atoms with Crippen LogP contribution in [0.4, 0.5) is 4.79 Å². The predicted octanol–water partition coefficient (Wildman–Crippen LogP) is 3.78. The summed E-state index contributed by atoms with van der Waals surface area (Å²) in [6.07, 6.45) is 3.75. The van der Waals surface area contributed by atoms with Crippen LogP contribution in [-0.4, -0.2) is 28.2 Å². The van der Waals surface area contributed by atoms with Crippen molar-refractivity contribution in [2.24, 2.45) is 17.8 Å². The second kappa shape index (κ2) is 6.98. The van der Waals surface area contributed by atoms with Crippen LogP contribution in [0.2, 0.25) is 0 Å². The Balaban J connectivity index is 1.49. The fourth-order valence-electron chi connectivity index (χ4n) is 4.54. The van der Waals surface area contributed by atoms with Crippen LogP contribution in [0.5, 0.6) is 0 Å². The van der Waals surface area contributed by atoms with E-state index in [0.29, 0.717) is 35.9 Å². The van der Waals surface area contributed by atoms with Crippen molar-refractivity contribution in [3.8, 4) is 0 Å². The minimum Gasteiger partial charge on any atom is -0.444 e. The molecule has 3 fully saturated rings. The van der Waals surface area contributed by atoms with Gasteiger partial charge in [-0.2, -0.15) is 0 Å². The van der Waals surface area contributed by atoms with Crippen molar-refractivity contribution in [1.82, 2.24) is 10.3 Å². The van der Waals surface area contributed by atoms with E-state index in [1.165, 1.54) is 0 Å². The van der Waals surface area contributed by atoms with Gasteiger partial charge >= 0.3 is 6.09 Å². The highest BCUT2D eigenvalue weighted by Crippen LogP contribution is 2.48. The molecule has 0 aliphatic heterocycles. The van der Waals surface area contributed by atoms with Crippen molar-refractivity contribution in [2.45, 2.75) is 70.9 Å². The van der Waals surface area contributed by atoms with E-state index in [0.717, 1.165) is 24.8 Å². The van der Waals surface area contributed by atoms with Gasteiger partial charge in [-0.3, -0.25) is 9.59 Å². The maximum atomic E-state index is 13.3. The summed E-state index contributed by atoms with van der Waals surface area (Å²) in [5.41, 5.74) is 1.67. The van der Waals surface area contributed by atoms with Gasteiger partial charge in [0.1, 0.15) is 17.1 Å². The third-order valence-corrected chi connectivity index (χ3v) is 6.00. The molecule has 1 amide bonds. The minimum atomic E-state index is -0.562. The van der Waals surface area contributed by atoms with E-state index in [1.54, 1.807) is 0 Å². The topological polar surface area (TPSA) is 85.4 Å². The number of ether oxygens (including phenoxy) is 1. The van der Waals surface area contributed by atoms with Crippen molar-refractivity contribution in [1.29, 1.82) is 0 Å². The number of amides is 1. The van der Waals surface area contributed by atoms with Gasteiger partial charge in [0, 0.05) is 18.3 Å². The number of nitrogens with one attached hydrogen (secondary N) is 1. The van der Waals surface area contributed by atoms with Gasteiger partial charge in [-0.1, -0.05) is 6.07 Å². The molecular formula is C22H28N2O4. The van der Waals surface area contributed by atoms with Crippen LogP contribution in [0, 0.1) is 17.8 Å². The van der Waals surface area contributed by atoms with Gasteiger partial charge in [-0.25, -0.2) is 9.78 Å². The fourth-order valence-corrected chi connectivity index (χ4v) is 4.54. The van der Waals surface area contributed by atoms with Gasteiger partial charge in [0.25, 0.3) is 0 Å². The van der Waals surface area contributed by atoms with Crippen LogP contribution in [0.3, 0.4) is 0 Å². The number of carbonyl (C=O) groups is 3. The largest absolute Gasteiger partial charge is 0.444 e. The number of carbonyl (C=O) groups excluding carboxylic acids is 3. The Bertz CT molecular complexity index is 822. The van der Waals surface area contributed by atoms with Crippen molar-refractivity contribution < 1.29 is 19.1 Å². The molecule has 3 atom stereocenters. The average molecular weight is 384 g/mol. The standard InChI is InChI=1S/C22H28N2O4/c1-22(2,3)28-21(27)23-11-15-6-7-16(12-4-5-12)19(24-15)20(26)17-9-14-8-13(17)10-18(14)25/h6-7,12-14,17H,4-5,8-11H2,1-3H3,(H,23,27). The summed E-state index contributed by atoms with van der Waals surface area (Å²) < 4.78 is 5.26. The molecule has 0 aromatic carbocycles. The van der Waals surface area contributed by atoms with Crippen LogP contribution in [0.1, 0.15) is 80.5 Å². The number of nitrogens with zero attached hydrogens (tertiary/aromatic N) is 1. The van der Waals surface area contributed by atoms with Gasteiger partial charge in [0.2, 0.25) is 0 Å². The smallest absolute Gasteiger partial charge is 0.407 e. The summed E-state index contributed by atoms with van der Waals surface area (Å²) in [7, 11) is 0. The molecule has 2 bridgehead atoms. The Morgan fingerprint density at radius 3 is 2.50 bits per heavy atom. The van der Waals surface area contributed by atoms with E-state index in [-0.39, 0.29) is 30.1 Å². The maximum absolute atomic E-state index is 13.3. The van der Waals surface area contributed by atoms with Crippen LogP contribution < -0.4 is 5.32 Å². The molecule has 3 saturated carbocycles. The highest BCUT2D eigenvalue weighted by Gasteiger charge is 2.49. The molecule has 1 aromatic rings. The Kier molecular flexibility index (Phi) is 4.76. The second-order valence-electron chi connectivity index (χ2n) is 9.44. The predicted molar refractivity (Wildman–Crippen MR) is 103 cm³/mol. The van der Waals surface area contributed by atoms with Crippen LogP contribution >= 0.6 is 0 Å². The van der Waals surface area contributed by atoms with E-state index in [2.05, 4.69) is 10.3 Å². The zero-order valence-corrected chi connectivity index (χ0v) is 16.8. The van der Waals surface area contributed by atoms with E-state index in [4.69, 9.17) is 4.74 Å². The Morgan fingerprint density at radius 2 is 1.93 bits per heavy atom. The van der Waals surface area contributed by atoms with Crippen LogP contribution in [0.15, 0.2) is 12.1 Å². The number of rotatable bonds is 5. The normalized spacial score (nSPS) is 26.4. The molecule has 1 heterocycles. The first-order valence-electron chi connectivity index (χ1n) is 10.2. The lowest BCUT2D eigenvalue weighted by atomic mass is 9.83. The third-order valence-electron chi connectivity index (χ3n) is 6.00. The highest BCUT2D eigenvalue weighted by molar-refractivity contribution is 6.00. The van der Waals surface area contributed by atoms with Gasteiger partial charge in [0.15, 0.2) is 5.78 Å². The highest BCUT2D eigenvalue weighted by atomic mass is 16.6. The Morgan fingerprint density at radius 1 is 1.18 bits per heavy atom. The molecule has 0 radical (unpaired) electrons. The molecule has 28 heavy (non-hydrogen) atoms. The molecule has 0 saturated heterocycles. The number of aromatic nitrogens is 1. The fraction of sp³-hybridized carbons (Fsp3) is 0.636. The van der Waals surface area contributed by atoms with Gasteiger partial charge in [0.05, 0.1) is 12.2 Å². The van der Waals surface area contributed by atoms with Crippen LogP contribution in [-0.2, 0) is 16.1 Å². The number of hydrogen-bond acceptors (Lipinski definition) is 5. The van der Waals surface area contributed by atoms with Crippen molar-refractivity contribution in [3.63, 3.8) is 0 Å². The molecule has 6 heteroatoms.